The number of hydrogen-bond acceptors (Lipinski definition) is 2. The van der Waals surface area contributed by atoms with Gasteiger partial charge < -0.3 is 9.22 Å². The highest BCUT2D eigenvalue weighted by Gasteiger charge is 2.21. The van der Waals surface area contributed by atoms with Crippen molar-refractivity contribution in [3.05, 3.63) is 0 Å². The Bertz CT molecular complexity index is 182. The molecule has 0 aromatic carbocycles. The lowest BCUT2D eigenvalue weighted by Gasteiger charge is -2.29. The fourth-order valence-corrected chi connectivity index (χ4v) is 1.47. The number of likely N-dealkylation sites (N-methyl/N-ethyl adjacent to an activating group) is 1. The molecule has 0 rings (SSSR count). The molecule has 0 aliphatic heterocycles. The zero-order chi connectivity index (χ0) is 11.4. The third-order valence-electron chi connectivity index (χ3n) is 1.73. The molecule has 0 aromatic heterocycles. The fourth-order valence-electron chi connectivity index (χ4n) is 1.47. The summed E-state index contributed by atoms with van der Waals surface area (Å²) in [5, 5.41) is 0. The van der Waals surface area contributed by atoms with Crippen molar-refractivity contribution in [1.29, 1.82) is 0 Å². The predicted octanol–water partition coefficient (Wildman–Crippen LogP) is 1.47. The van der Waals surface area contributed by atoms with Gasteiger partial charge in [0, 0.05) is 6.42 Å². The van der Waals surface area contributed by atoms with E-state index < -0.39 is 0 Å². The summed E-state index contributed by atoms with van der Waals surface area (Å²) in [7, 11) is 6.32. The molecule has 0 radical (unpaired) electrons. The molecule has 14 heavy (non-hydrogen) atoms. The molecule has 0 fully saturated rings. The maximum Gasteiger partial charge on any atom is 0.132 e. The van der Waals surface area contributed by atoms with Gasteiger partial charge in [0.05, 0.1) is 27.2 Å². The lowest BCUT2D eigenvalue weighted by Crippen LogP contribution is -2.43. The predicted molar refractivity (Wildman–Crippen MR) is 58.2 cm³/mol. The van der Waals surface area contributed by atoms with E-state index in [1.165, 1.54) is 0 Å². The number of carbonyl (C=O) groups is 1. The molecular formula is C11H24NO2+. The van der Waals surface area contributed by atoms with Gasteiger partial charge in [-0.15, -0.1) is 0 Å². The summed E-state index contributed by atoms with van der Waals surface area (Å²) in [5.41, 5.74) is 0. The number of ether oxygens (including phenoxy) is 1. The van der Waals surface area contributed by atoms with Gasteiger partial charge in [-0.3, -0.25) is 4.79 Å². The van der Waals surface area contributed by atoms with E-state index in [4.69, 9.17) is 4.74 Å². The van der Waals surface area contributed by atoms with Gasteiger partial charge in [-0.25, -0.2) is 0 Å². The third-order valence-corrected chi connectivity index (χ3v) is 1.73. The average molecular weight is 202 g/mol. The Labute approximate surface area is 87.6 Å². The molecule has 0 spiro atoms. The van der Waals surface area contributed by atoms with Crippen LogP contribution in [0.1, 0.15) is 27.2 Å². The molecule has 0 aliphatic carbocycles. The van der Waals surface area contributed by atoms with Gasteiger partial charge in [-0.2, -0.15) is 0 Å². The van der Waals surface area contributed by atoms with Crippen LogP contribution in [0.3, 0.4) is 0 Å². The number of Topliss-reactive ketones (excluding diaryl/α,β-unsaturated/α-hetero) is 1. The van der Waals surface area contributed by atoms with Crippen molar-refractivity contribution in [1.82, 2.24) is 0 Å². The van der Waals surface area contributed by atoms with Crippen LogP contribution >= 0.6 is 0 Å². The molecular weight excluding hydrogens is 178 g/mol. The molecule has 0 heterocycles. The van der Waals surface area contributed by atoms with Crippen LogP contribution in [-0.4, -0.2) is 50.2 Å². The molecule has 0 bridgehead atoms. The van der Waals surface area contributed by atoms with Crippen LogP contribution in [0.15, 0.2) is 0 Å². The smallest absolute Gasteiger partial charge is 0.132 e. The monoisotopic (exact) mass is 202 g/mol. The molecule has 0 unspecified atom stereocenters. The number of hydrogen-bond donors (Lipinski definition) is 0. The number of carbonyl (C=O) groups excluding carboxylic acids is 1. The standard InChI is InChI=1S/C11H24NO2/c1-9(2)14-11(7-10(3)13)8-12(4,5)6/h9,11H,7-8H2,1-6H3/q+1/t11-/m1/s1. The first kappa shape index (κ1) is 13.6. The highest BCUT2D eigenvalue weighted by molar-refractivity contribution is 5.75. The molecule has 3 nitrogen and oxygen atoms in total. The molecule has 0 aromatic rings. The first-order valence-corrected chi connectivity index (χ1v) is 5.16. The number of quaternary nitrogens is 1. The van der Waals surface area contributed by atoms with Crippen LogP contribution in [0, 0.1) is 0 Å². The van der Waals surface area contributed by atoms with Gasteiger partial charge >= 0.3 is 0 Å². The van der Waals surface area contributed by atoms with Crippen molar-refractivity contribution in [2.75, 3.05) is 27.7 Å². The lowest BCUT2D eigenvalue weighted by atomic mass is 10.1. The molecule has 0 aliphatic rings. The maximum atomic E-state index is 11.0. The Hall–Kier alpha value is -0.410. The number of nitrogens with zero attached hydrogens (tertiary/aromatic N) is 1. The second-order valence-electron chi connectivity index (χ2n) is 5.19. The second kappa shape index (κ2) is 5.47. The van der Waals surface area contributed by atoms with Crippen molar-refractivity contribution in [3.63, 3.8) is 0 Å². The van der Waals surface area contributed by atoms with E-state index >= 15 is 0 Å². The van der Waals surface area contributed by atoms with Crippen molar-refractivity contribution in [2.24, 2.45) is 0 Å². The van der Waals surface area contributed by atoms with Crippen molar-refractivity contribution >= 4 is 5.78 Å². The summed E-state index contributed by atoms with van der Waals surface area (Å²) in [5.74, 6) is 0.198. The van der Waals surface area contributed by atoms with E-state index in [9.17, 15) is 4.79 Å². The van der Waals surface area contributed by atoms with E-state index in [2.05, 4.69) is 21.1 Å². The van der Waals surface area contributed by atoms with Crippen molar-refractivity contribution in [3.8, 4) is 0 Å². The molecule has 3 heteroatoms. The minimum Gasteiger partial charge on any atom is -0.369 e. The van der Waals surface area contributed by atoms with E-state index in [0.717, 1.165) is 11.0 Å². The second-order valence-corrected chi connectivity index (χ2v) is 5.19. The maximum absolute atomic E-state index is 11.0. The normalized spacial score (nSPS) is 14.5. The Morgan fingerprint density at radius 3 is 2.07 bits per heavy atom. The minimum atomic E-state index is 0.0486. The van der Waals surface area contributed by atoms with Gasteiger partial charge in [0.1, 0.15) is 18.4 Å². The van der Waals surface area contributed by atoms with Gasteiger partial charge in [0.25, 0.3) is 0 Å². The first-order valence-electron chi connectivity index (χ1n) is 5.16. The van der Waals surface area contributed by atoms with Crippen LogP contribution in [0.5, 0.6) is 0 Å². The zero-order valence-electron chi connectivity index (χ0n) is 10.3. The molecule has 1 atom stereocenters. The highest BCUT2D eigenvalue weighted by Crippen LogP contribution is 2.07. The van der Waals surface area contributed by atoms with Crippen molar-refractivity contribution in [2.45, 2.75) is 39.4 Å². The summed E-state index contributed by atoms with van der Waals surface area (Å²) >= 11 is 0. The Morgan fingerprint density at radius 2 is 1.79 bits per heavy atom. The molecule has 0 amide bonds. The van der Waals surface area contributed by atoms with Crippen LogP contribution < -0.4 is 0 Å². The van der Waals surface area contributed by atoms with E-state index in [1.54, 1.807) is 6.92 Å². The van der Waals surface area contributed by atoms with E-state index in [-0.39, 0.29) is 18.0 Å². The quantitative estimate of drug-likeness (QED) is 0.610. The van der Waals surface area contributed by atoms with Crippen LogP contribution in [0.4, 0.5) is 0 Å². The van der Waals surface area contributed by atoms with Gasteiger partial charge in [-0.1, -0.05) is 0 Å². The first-order chi connectivity index (χ1) is 6.20. The minimum absolute atomic E-state index is 0.0486. The number of ketones is 1. The SMILES string of the molecule is CC(=O)C[C@H](C[N+](C)(C)C)OC(C)C. The summed E-state index contributed by atoms with van der Waals surface area (Å²) < 4.78 is 6.52. The molecule has 84 valence electrons. The van der Waals surface area contributed by atoms with Crippen LogP contribution in [-0.2, 0) is 9.53 Å². The van der Waals surface area contributed by atoms with Crippen LogP contribution in [0.25, 0.3) is 0 Å². The summed E-state index contributed by atoms with van der Waals surface area (Å²) in [6.45, 7) is 6.50. The third kappa shape index (κ3) is 8.20. The molecule has 0 saturated carbocycles. The summed E-state index contributed by atoms with van der Waals surface area (Å²) in [4.78, 5) is 11.0. The van der Waals surface area contributed by atoms with E-state index in [0.29, 0.717) is 6.42 Å². The Kier molecular flexibility index (Phi) is 5.31. The van der Waals surface area contributed by atoms with Gasteiger partial charge in [-0.05, 0) is 20.8 Å². The fraction of sp³-hybridized carbons (Fsp3) is 0.909. The highest BCUT2D eigenvalue weighted by atomic mass is 16.5. The summed E-state index contributed by atoms with van der Waals surface area (Å²) in [6, 6.07) is 0. The summed E-state index contributed by atoms with van der Waals surface area (Å²) in [6.07, 6.45) is 0.756. The van der Waals surface area contributed by atoms with E-state index in [1.807, 2.05) is 13.8 Å². The van der Waals surface area contributed by atoms with Crippen LogP contribution in [0.2, 0.25) is 0 Å². The average Bonchev–Trinajstić information content (AvgIpc) is 1.77. The van der Waals surface area contributed by atoms with Crippen molar-refractivity contribution < 1.29 is 14.0 Å². The lowest BCUT2D eigenvalue weighted by molar-refractivity contribution is -0.873. The molecule has 0 N–H and O–H groups in total. The Morgan fingerprint density at radius 1 is 1.29 bits per heavy atom. The van der Waals surface area contributed by atoms with Gasteiger partial charge in [0.2, 0.25) is 0 Å². The topological polar surface area (TPSA) is 26.3 Å². The largest absolute Gasteiger partial charge is 0.369 e. The Balaban J connectivity index is 4.17. The zero-order valence-corrected chi connectivity index (χ0v) is 10.3. The molecule has 0 saturated heterocycles. The van der Waals surface area contributed by atoms with Gasteiger partial charge in [0.15, 0.2) is 0 Å². The number of rotatable bonds is 6.